The Morgan fingerprint density at radius 3 is 2.80 bits per heavy atom. The van der Waals surface area contributed by atoms with Gasteiger partial charge in [-0.1, -0.05) is 31.2 Å². The van der Waals surface area contributed by atoms with E-state index in [0.717, 1.165) is 49.2 Å². The Kier molecular flexibility index (Phi) is 5.69. The third-order valence-corrected chi connectivity index (χ3v) is 4.98. The second-order valence-electron chi connectivity index (χ2n) is 6.77. The maximum atomic E-state index is 13.1. The summed E-state index contributed by atoms with van der Waals surface area (Å²) in [6, 6.07) is 14.1. The number of likely N-dealkylation sites (tertiary alicyclic amines) is 1. The molecule has 2 unspecified atom stereocenters. The predicted molar refractivity (Wildman–Crippen MR) is 102 cm³/mol. The number of pyridine rings is 1. The number of hydrogen-bond acceptors (Lipinski definition) is 3. The lowest BCUT2D eigenvalue weighted by molar-refractivity contribution is 0.0612. The van der Waals surface area contributed by atoms with Gasteiger partial charge in [0, 0.05) is 29.9 Å². The zero-order valence-corrected chi connectivity index (χ0v) is 15.1. The van der Waals surface area contributed by atoms with Crippen LogP contribution >= 0.6 is 0 Å². The van der Waals surface area contributed by atoms with Gasteiger partial charge in [-0.25, -0.2) is 4.98 Å². The van der Waals surface area contributed by atoms with Gasteiger partial charge in [0.05, 0.1) is 6.04 Å². The monoisotopic (exact) mass is 337 g/mol. The van der Waals surface area contributed by atoms with Crippen molar-refractivity contribution in [2.45, 2.75) is 51.6 Å². The van der Waals surface area contributed by atoms with Crippen LogP contribution in [-0.2, 0) is 0 Å². The van der Waals surface area contributed by atoms with Crippen molar-refractivity contribution in [2.75, 3.05) is 11.9 Å². The minimum atomic E-state index is 0.0849. The van der Waals surface area contributed by atoms with E-state index in [9.17, 15) is 4.79 Å². The number of hydrogen-bond donors (Lipinski definition) is 1. The molecule has 4 nitrogen and oxygen atoms in total. The van der Waals surface area contributed by atoms with E-state index in [-0.39, 0.29) is 11.9 Å². The van der Waals surface area contributed by atoms with Gasteiger partial charge in [-0.3, -0.25) is 4.79 Å². The summed E-state index contributed by atoms with van der Waals surface area (Å²) in [7, 11) is 0. The van der Waals surface area contributed by atoms with E-state index in [4.69, 9.17) is 0 Å². The molecule has 1 saturated heterocycles. The Balaban J connectivity index is 1.90. The molecule has 1 aliphatic heterocycles. The highest BCUT2D eigenvalue weighted by atomic mass is 16.2. The lowest BCUT2D eigenvalue weighted by atomic mass is 9.94. The molecule has 4 heteroatoms. The molecule has 0 radical (unpaired) electrons. The summed E-state index contributed by atoms with van der Waals surface area (Å²) in [5.41, 5.74) is 1.89. The van der Waals surface area contributed by atoms with Crippen LogP contribution in [0.2, 0.25) is 0 Å². The third-order valence-electron chi connectivity index (χ3n) is 4.98. The predicted octanol–water partition coefficient (Wildman–Crippen LogP) is 4.66. The van der Waals surface area contributed by atoms with Crippen molar-refractivity contribution in [1.29, 1.82) is 0 Å². The zero-order valence-electron chi connectivity index (χ0n) is 15.1. The van der Waals surface area contributed by atoms with Gasteiger partial charge in [-0.2, -0.15) is 0 Å². The number of aromatic nitrogens is 1. The molecular formula is C21H27N3O. The second kappa shape index (κ2) is 8.15. The fourth-order valence-electron chi connectivity index (χ4n) is 3.39. The molecule has 1 N–H and O–H groups in total. The first-order chi connectivity index (χ1) is 12.2. The van der Waals surface area contributed by atoms with Crippen LogP contribution in [0.5, 0.6) is 0 Å². The minimum Gasteiger partial charge on any atom is -0.367 e. The van der Waals surface area contributed by atoms with E-state index in [1.54, 1.807) is 0 Å². The van der Waals surface area contributed by atoms with Crippen molar-refractivity contribution in [3.05, 3.63) is 59.8 Å². The van der Waals surface area contributed by atoms with Crippen LogP contribution < -0.4 is 5.32 Å². The SMILES string of the molecule is CCC(C)Nc1ncccc1C1CCCCN1C(=O)c1ccccc1. The van der Waals surface area contributed by atoms with E-state index in [2.05, 4.69) is 30.2 Å². The van der Waals surface area contributed by atoms with Crippen LogP contribution in [-0.4, -0.2) is 28.4 Å². The molecule has 1 aliphatic rings. The second-order valence-corrected chi connectivity index (χ2v) is 6.77. The van der Waals surface area contributed by atoms with Crippen molar-refractivity contribution in [1.82, 2.24) is 9.88 Å². The van der Waals surface area contributed by atoms with E-state index in [1.807, 2.05) is 47.5 Å². The molecule has 132 valence electrons. The Labute approximate surface area is 150 Å². The number of rotatable bonds is 5. The maximum absolute atomic E-state index is 13.1. The first-order valence-corrected chi connectivity index (χ1v) is 9.28. The first-order valence-electron chi connectivity index (χ1n) is 9.28. The largest absolute Gasteiger partial charge is 0.367 e. The molecule has 2 atom stereocenters. The third kappa shape index (κ3) is 4.01. The molecule has 1 aromatic carbocycles. The molecule has 1 amide bonds. The lowest BCUT2D eigenvalue weighted by Crippen LogP contribution is -2.39. The van der Waals surface area contributed by atoms with Gasteiger partial charge in [0.2, 0.25) is 0 Å². The Morgan fingerprint density at radius 1 is 1.24 bits per heavy atom. The van der Waals surface area contributed by atoms with Crippen LogP contribution in [0, 0.1) is 0 Å². The van der Waals surface area contributed by atoms with Gasteiger partial charge in [0.25, 0.3) is 5.91 Å². The molecule has 0 bridgehead atoms. The Morgan fingerprint density at radius 2 is 2.04 bits per heavy atom. The number of anilines is 1. The standard InChI is InChI=1S/C21H27N3O/c1-3-16(2)23-20-18(12-9-14-22-20)19-13-7-8-15-24(19)21(25)17-10-5-4-6-11-17/h4-6,9-12,14,16,19H,3,7-8,13,15H2,1-2H3,(H,22,23). The summed E-state index contributed by atoms with van der Waals surface area (Å²) in [5, 5.41) is 3.51. The number of piperidine rings is 1. The van der Waals surface area contributed by atoms with Gasteiger partial charge in [0.1, 0.15) is 5.82 Å². The van der Waals surface area contributed by atoms with Crippen LogP contribution in [0.25, 0.3) is 0 Å². The van der Waals surface area contributed by atoms with Crippen LogP contribution in [0.4, 0.5) is 5.82 Å². The molecule has 1 aromatic heterocycles. The summed E-state index contributed by atoms with van der Waals surface area (Å²) in [5.74, 6) is 1.03. The normalized spacial score (nSPS) is 18.6. The highest BCUT2D eigenvalue weighted by Gasteiger charge is 2.30. The number of nitrogens with zero attached hydrogens (tertiary/aromatic N) is 2. The molecule has 1 fully saturated rings. The molecule has 0 aliphatic carbocycles. The van der Waals surface area contributed by atoms with Gasteiger partial charge in [-0.05, 0) is 50.8 Å². The molecule has 0 spiro atoms. The van der Waals surface area contributed by atoms with Crippen LogP contribution in [0.15, 0.2) is 48.7 Å². The molecule has 2 aromatic rings. The van der Waals surface area contributed by atoms with E-state index >= 15 is 0 Å². The van der Waals surface area contributed by atoms with Gasteiger partial charge < -0.3 is 10.2 Å². The van der Waals surface area contributed by atoms with Crippen molar-refractivity contribution < 1.29 is 4.79 Å². The number of amides is 1. The van der Waals surface area contributed by atoms with Gasteiger partial charge in [0.15, 0.2) is 0 Å². The average molecular weight is 337 g/mol. The fraction of sp³-hybridized carbons (Fsp3) is 0.429. The molecule has 3 rings (SSSR count). The summed E-state index contributed by atoms with van der Waals surface area (Å²) < 4.78 is 0. The quantitative estimate of drug-likeness (QED) is 0.863. The molecule has 2 heterocycles. The number of benzene rings is 1. The van der Waals surface area contributed by atoms with Crippen molar-refractivity contribution in [3.63, 3.8) is 0 Å². The van der Waals surface area contributed by atoms with Crippen molar-refractivity contribution in [3.8, 4) is 0 Å². The maximum Gasteiger partial charge on any atom is 0.254 e. The Bertz CT molecular complexity index is 701. The summed E-state index contributed by atoms with van der Waals surface area (Å²) in [4.78, 5) is 19.6. The number of carbonyl (C=O) groups is 1. The number of carbonyl (C=O) groups excluding carboxylic acids is 1. The van der Waals surface area contributed by atoms with Gasteiger partial charge >= 0.3 is 0 Å². The summed E-state index contributed by atoms with van der Waals surface area (Å²) >= 11 is 0. The lowest BCUT2D eigenvalue weighted by Gasteiger charge is -2.37. The molecular weight excluding hydrogens is 310 g/mol. The van der Waals surface area contributed by atoms with E-state index < -0.39 is 0 Å². The van der Waals surface area contributed by atoms with Crippen LogP contribution in [0.3, 0.4) is 0 Å². The Hall–Kier alpha value is -2.36. The van der Waals surface area contributed by atoms with Crippen molar-refractivity contribution >= 4 is 11.7 Å². The zero-order chi connectivity index (χ0) is 17.6. The van der Waals surface area contributed by atoms with E-state index in [0.29, 0.717) is 6.04 Å². The van der Waals surface area contributed by atoms with E-state index in [1.165, 1.54) is 0 Å². The first kappa shape index (κ1) is 17.5. The van der Waals surface area contributed by atoms with Gasteiger partial charge in [-0.15, -0.1) is 0 Å². The van der Waals surface area contributed by atoms with Crippen LogP contribution in [0.1, 0.15) is 61.5 Å². The summed E-state index contributed by atoms with van der Waals surface area (Å²) in [6.45, 7) is 5.12. The average Bonchev–Trinajstić information content (AvgIpc) is 2.68. The molecule has 0 saturated carbocycles. The molecule has 25 heavy (non-hydrogen) atoms. The number of nitrogens with one attached hydrogen (secondary N) is 1. The highest BCUT2D eigenvalue weighted by Crippen LogP contribution is 2.35. The van der Waals surface area contributed by atoms with Crippen molar-refractivity contribution in [2.24, 2.45) is 0 Å². The minimum absolute atomic E-state index is 0.0849. The topological polar surface area (TPSA) is 45.2 Å². The fourth-order valence-corrected chi connectivity index (χ4v) is 3.39. The smallest absolute Gasteiger partial charge is 0.254 e. The highest BCUT2D eigenvalue weighted by molar-refractivity contribution is 5.94. The summed E-state index contributed by atoms with van der Waals surface area (Å²) in [6.07, 6.45) is 6.04.